The van der Waals surface area contributed by atoms with Crippen molar-refractivity contribution in [3.05, 3.63) is 12.2 Å². The second kappa shape index (κ2) is 3.70. The third kappa shape index (κ3) is 1.73. The summed E-state index contributed by atoms with van der Waals surface area (Å²) in [5.74, 6) is -3.55. The van der Waals surface area contributed by atoms with Crippen LogP contribution in [0.4, 0.5) is 0 Å². The van der Waals surface area contributed by atoms with Crippen LogP contribution >= 0.6 is 0 Å². The van der Waals surface area contributed by atoms with Gasteiger partial charge in [0, 0.05) is 8.07 Å². The molecule has 0 aliphatic heterocycles. The number of hydrogen-bond donors (Lipinski definition) is 2. The molecule has 2 bridgehead atoms. The van der Waals surface area contributed by atoms with E-state index < -0.39 is 31.8 Å². The molecule has 2 N–H and O–H groups in total. The Morgan fingerprint density at radius 2 is 1.29 bits per heavy atom. The highest BCUT2D eigenvalue weighted by Gasteiger charge is 2.60. The molecule has 1 saturated carbocycles. The van der Waals surface area contributed by atoms with Crippen LogP contribution in [0.5, 0.6) is 0 Å². The maximum atomic E-state index is 11.3. The van der Waals surface area contributed by atoms with Crippen molar-refractivity contribution in [2.75, 3.05) is 0 Å². The van der Waals surface area contributed by atoms with Gasteiger partial charge in [0.2, 0.25) is 0 Å². The average molecular weight is 254 g/mol. The van der Waals surface area contributed by atoms with E-state index in [4.69, 9.17) is 0 Å². The predicted molar refractivity (Wildman–Crippen MR) is 65.5 cm³/mol. The molecule has 0 spiro atoms. The molecule has 0 aromatic heterocycles. The molecule has 4 nitrogen and oxygen atoms in total. The van der Waals surface area contributed by atoms with Crippen molar-refractivity contribution >= 4 is 20.0 Å². The van der Waals surface area contributed by atoms with E-state index in [0.29, 0.717) is 0 Å². The molecule has 5 heteroatoms. The van der Waals surface area contributed by atoms with E-state index in [-0.39, 0.29) is 17.4 Å². The molecule has 2 rings (SSSR count). The van der Waals surface area contributed by atoms with Crippen molar-refractivity contribution in [3.8, 4) is 0 Å². The first-order valence-corrected chi connectivity index (χ1v) is 9.47. The Balaban J connectivity index is 2.41. The van der Waals surface area contributed by atoms with E-state index in [9.17, 15) is 19.8 Å². The molecule has 0 saturated heterocycles. The summed E-state index contributed by atoms with van der Waals surface area (Å²) in [6.07, 6.45) is 3.87. The highest BCUT2D eigenvalue weighted by Crippen LogP contribution is 2.59. The Morgan fingerprint density at radius 3 is 1.53 bits per heavy atom. The highest BCUT2D eigenvalue weighted by atomic mass is 28.3. The van der Waals surface area contributed by atoms with Gasteiger partial charge in [-0.3, -0.25) is 9.59 Å². The first kappa shape index (κ1) is 12.4. The first-order valence-electron chi connectivity index (χ1n) is 5.89. The van der Waals surface area contributed by atoms with Crippen LogP contribution in [0.25, 0.3) is 0 Å². The van der Waals surface area contributed by atoms with Crippen molar-refractivity contribution < 1.29 is 19.8 Å². The van der Waals surface area contributed by atoms with Crippen LogP contribution < -0.4 is 0 Å². The summed E-state index contributed by atoms with van der Waals surface area (Å²) in [4.78, 5) is 22.6. The lowest BCUT2D eigenvalue weighted by molar-refractivity contribution is -0.154. The van der Waals surface area contributed by atoms with Crippen LogP contribution in [-0.2, 0) is 9.59 Å². The predicted octanol–water partition coefficient (Wildman–Crippen LogP) is 1.91. The minimum atomic E-state index is -1.55. The van der Waals surface area contributed by atoms with Gasteiger partial charge in [0.15, 0.2) is 0 Å². The molecule has 17 heavy (non-hydrogen) atoms. The number of carboxylic acids is 2. The first-order chi connectivity index (χ1) is 7.75. The summed E-state index contributed by atoms with van der Waals surface area (Å²) >= 11 is 0. The number of hydrogen-bond acceptors (Lipinski definition) is 2. The zero-order chi connectivity index (χ0) is 13.0. The number of allylic oxidation sites excluding steroid dienone is 2. The second-order valence-corrected chi connectivity index (χ2v) is 11.6. The quantitative estimate of drug-likeness (QED) is 0.596. The van der Waals surface area contributed by atoms with Gasteiger partial charge in [-0.1, -0.05) is 31.8 Å². The molecule has 0 aromatic carbocycles. The van der Waals surface area contributed by atoms with E-state index in [1.165, 1.54) is 0 Å². The second-order valence-electron chi connectivity index (χ2n) is 6.16. The van der Waals surface area contributed by atoms with Gasteiger partial charge in [-0.2, -0.15) is 0 Å². The van der Waals surface area contributed by atoms with Crippen LogP contribution in [0.2, 0.25) is 25.2 Å². The number of fused-ring (bicyclic) bond motifs is 2. The van der Waals surface area contributed by atoms with Gasteiger partial charge in [0.1, 0.15) is 0 Å². The molecule has 2 aliphatic carbocycles. The molecular weight excluding hydrogens is 236 g/mol. The van der Waals surface area contributed by atoms with Crippen molar-refractivity contribution in [3.63, 3.8) is 0 Å². The van der Waals surface area contributed by atoms with Crippen LogP contribution in [0.3, 0.4) is 0 Å². The van der Waals surface area contributed by atoms with Crippen LogP contribution in [0.1, 0.15) is 0 Å². The summed E-state index contributed by atoms with van der Waals surface area (Å²) in [6.45, 7) is 6.56. The fourth-order valence-electron chi connectivity index (χ4n) is 3.71. The standard InChI is InChI=1S/C12H18O4Si/c1-17(2,3)10-6-4-5-7(10)9(12(15)16)8(6)11(13)14/h4-10H,1-3H3,(H,13,14)(H,15,16). The van der Waals surface area contributed by atoms with E-state index >= 15 is 0 Å². The summed E-state index contributed by atoms with van der Waals surface area (Å²) in [7, 11) is -1.55. The highest BCUT2D eigenvalue weighted by molar-refractivity contribution is 6.77. The van der Waals surface area contributed by atoms with Crippen LogP contribution in [-0.4, -0.2) is 30.2 Å². The lowest BCUT2D eigenvalue weighted by Crippen LogP contribution is -2.32. The zero-order valence-electron chi connectivity index (χ0n) is 10.3. The monoisotopic (exact) mass is 254 g/mol. The maximum absolute atomic E-state index is 11.3. The van der Waals surface area contributed by atoms with Gasteiger partial charge in [-0.05, 0) is 17.4 Å². The fraction of sp³-hybridized carbons (Fsp3) is 0.667. The fourth-order valence-corrected chi connectivity index (χ4v) is 6.66. The van der Waals surface area contributed by atoms with Crippen molar-refractivity contribution in [1.29, 1.82) is 0 Å². The van der Waals surface area contributed by atoms with Crippen LogP contribution in [0.15, 0.2) is 12.2 Å². The lowest BCUT2D eigenvalue weighted by Gasteiger charge is -2.29. The van der Waals surface area contributed by atoms with Gasteiger partial charge in [-0.15, -0.1) is 0 Å². The van der Waals surface area contributed by atoms with E-state index in [1.54, 1.807) is 0 Å². The maximum Gasteiger partial charge on any atom is 0.307 e. The molecule has 94 valence electrons. The largest absolute Gasteiger partial charge is 0.481 e. The number of carboxylic acid groups (broad SMARTS) is 2. The Kier molecular flexibility index (Phi) is 2.69. The molecule has 0 aromatic rings. The average Bonchev–Trinajstić information content (AvgIpc) is 2.69. The Morgan fingerprint density at radius 1 is 0.941 bits per heavy atom. The summed E-state index contributed by atoms with van der Waals surface area (Å²) < 4.78 is 0. The summed E-state index contributed by atoms with van der Waals surface area (Å²) in [5, 5.41) is 18.5. The van der Waals surface area contributed by atoms with Crippen molar-refractivity contribution in [2.45, 2.75) is 25.2 Å². The SMILES string of the molecule is C[Si](C)(C)C1C2C=CC1C(C(=O)O)C2C(=O)O. The molecule has 0 radical (unpaired) electrons. The third-order valence-corrected chi connectivity index (χ3v) is 6.94. The van der Waals surface area contributed by atoms with Gasteiger partial charge in [-0.25, -0.2) is 0 Å². The zero-order valence-corrected chi connectivity index (χ0v) is 11.3. The van der Waals surface area contributed by atoms with E-state index in [1.807, 2.05) is 12.2 Å². The smallest absolute Gasteiger partial charge is 0.307 e. The number of carbonyl (C=O) groups is 2. The Hall–Kier alpha value is -1.10. The van der Waals surface area contributed by atoms with Crippen molar-refractivity contribution in [2.24, 2.45) is 23.7 Å². The molecule has 1 fully saturated rings. The summed E-state index contributed by atoms with van der Waals surface area (Å²) in [5.41, 5.74) is 0.254. The van der Waals surface area contributed by atoms with Gasteiger partial charge >= 0.3 is 11.9 Å². The van der Waals surface area contributed by atoms with Crippen LogP contribution in [0, 0.1) is 23.7 Å². The molecule has 0 heterocycles. The topological polar surface area (TPSA) is 74.6 Å². The minimum absolute atomic E-state index is 0.0785. The minimum Gasteiger partial charge on any atom is -0.481 e. The van der Waals surface area contributed by atoms with Gasteiger partial charge in [0.25, 0.3) is 0 Å². The van der Waals surface area contributed by atoms with Crippen molar-refractivity contribution in [1.82, 2.24) is 0 Å². The molecule has 0 amide bonds. The molecule has 4 atom stereocenters. The molecule has 4 unspecified atom stereocenters. The number of rotatable bonds is 3. The van der Waals surface area contributed by atoms with E-state index in [2.05, 4.69) is 19.6 Å². The Labute approximate surface area is 101 Å². The van der Waals surface area contributed by atoms with Gasteiger partial charge in [0.05, 0.1) is 11.8 Å². The third-order valence-electron chi connectivity index (χ3n) is 4.17. The number of aliphatic carboxylic acids is 2. The van der Waals surface area contributed by atoms with E-state index in [0.717, 1.165) is 0 Å². The molecule has 2 aliphatic rings. The molecular formula is C12H18O4Si. The summed E-state index contributed by atoms with van der Waals surface area (Å²) in [6, 6.07) is 0. The lowest BCUT2D eigenvalue weighted by atomic mass is 9.83. The van der Waals surface area contributed by atoms with Gasteiger partial charge < -0.3 is 10.2 Å². The Bertz CT molecular complexity index is 366. The normalized spacial score (nSPS) is 39.6.